The predicted molar refractivity (Wildman–Crippen MR) is 97.4 cm³/mol. The Morgan fingerprint density at radius 3 is 2.00 bits per heavy atom. The molecule has 2 heteroatoms. The van der Waals surface area contributed by atoms with Crippen LogP contribution in [-0.2, 0) is 0 Å². The lowest BCUT2D eigenvalue weighted by Crippen LogP contribution is -2.31. The molecule has 122 valence electrons. The molecule has 0 aliphatic rings. The summed E-state index contributed by atoms with van der Waals surface area (Å²) < 4.78 is 0. The molecule has 1 nitrogen and oxygen atoms in total. The van der Waals surface area contributed by atoms with Crippen molar-refractivity contribution in [3.05, 3.63) is 21.4 Å². The van der Waals surface area contributed by atoms with E-state index in [-0.39, 0.29) is 0 Å². The molecule has 0 bridgehead atoms. The molecular weight excluding hydrogens is 274 g/mol. The first-order valence-corrected chi connectivity index (χ1v) is 9.73. The third-order valence-electron chi connectivity index (χ3n) is 4.34. The first-order chi connectivity index (χ1) is 10.1. The Labute approximate surface area is 136 Å². The fourth-order valence-electron chi connectivity index (χ4n) is 3.12. The van der Waals surface area contributed by atoms with E-state index < -0.39 is 0 Å². The number of unbranched alkanes of at least 4 members (excludes halogenated alkanes) is 4. The molecular formula is C19H35NS. The van der Waals surface area contributed by atoms with Crippen molar-refractivity contribution in [3.8, 4) is 0 Å². The molecule has 0 radical (unpaired) electrons. The van der Waals surface area contributed by atoms with Gasteiger partial charge in [0, 0.05) is 21.8 Å². The Morgan fingerprint density at radius 1 is 1.00 bits per heavy atom. The van der Waals surface area contributed by atoms with Crippen LogP contribution in [0.15, 0.2) is 6.07 Å². The maximum absolute atomic E-state index is 3.91. The zero-order valence-electron chi connectivity index (χ0n) is 14.8. The van der Waals surface area contributed by atoms with Crippen LogP contribution in [0, 0.1) is 13.8 Å². The second-order valence-corrected chi connectivity index (χ2v) is 7.91. The fraction of sp³-hybridized carbons (Fsp3) is 0.789. The summed E-state index contributed by atoms with van der Waals surface area (Å²) in [4.78, 5) is 2.91. The lowest BCUT2D eigenvalue weighted by atomic mass is 9.99. The van der Waals surface area contributed by atoms with E-state index in [4.69, 9.17) is 0 Å². The van der Waals surface area contributed by atoms with E-state index in [1.54, 1.807) is 0 Å². The van der Waals surface area contributed by atoms with Crippen molar-refractivity contribution in [1.29, 1.82) is 0 Å². The highest BCUT2D eigenvalue weighted by molar-refractivity contribution is 7.12. The number of nitrogens with one attached hydrogen (secondary N) is 1. The molecule has 1 rings (SSSR count). The molecule has 0 saturated heterocycles. The van der Waals surface area contributed by atoms with E-state index in [0.29, 0.717) is 12.1 Å². The van der Waals surface area contributed by atoms with Gasteiger partial charge in [0.2, 0.25) is 0 Å². The summed E-state index contributed by atoms with van der Waals surface area (Å²) in [6.45, 7) is 11.4. The van der Waals surface area contributed by atoms with Gasteiger partial charge in [-0.1, -0.05) is 52.4 Å². The predicted octanol–water partition coefficient (Wildman–Crippen LogP) is 6.54. The molecule has 1 aromatic rings. The minimum atomic E-state index is 0.489. The SMILES string of the molecule is CCCCCC(CCCCC)NC(C)c1cc(C)sc1C. The van der Waals surface area contributed by atoms with Gasteiger partial charge in [0.05, 0.1) is 0 Å². The van der Waals surface area contributed by atoms with Crippen molar-refractivity contribution >= 4 is 11.3 Å². The Morgan fingerprint density at radius 2 is 1.57 bits per heavy atom. The molecule has 0 saturated carbocycles. The normalized spacial score (nSPS) is 13.0. The van der Waals surface area contributed by atoms with Crippen LogP contribution < -0.4 is 5.32 Å². The van der Waals surface area contributed by atoms with Crippen LogP contribution in [0.3, 0.4) is 0 Å². The molecule has 0 aliphatic heterocycles. The molecule has 1 atom stereocenters. The topological polar surface area (TPSA) is 12.0 Å². The number of thiophene rings is 1. The van der Waals surface area contributed by atoms with Crippen molar-refractivity contribution < 1.29 is 0 Å². The van der Waals surface area contributed by atoms with Gasteiger partial charge in [-0.3, -0.25) is 0 Å². The monoisotopic (exact) mass is 309 g/mol. The van der Waals surface area contributed by atoms with Crippen LogP contribution in [0.1, 0.15) is 93.5 Å². The van der Waals surface area contributed by atoms with Crippen molar-refractivity contribution in [2.45, 2.75) is 98.1 Å². The third kappa shape index (κ3) is 6.97. The van der Waals surface area contributed by atoms with Gasteiger partial charge in [0.15, 0.2) is 0 Å². The first kappa shape index (κ1) is 18.7. The molecule has 0 amide bonds. The average molecular weight is 310 g/mol. The largest absolute Gasteiger partial charge is 0.307 e. The Hall–Kier alpha value is -0.340. The lowest BCUT2D eigenvalue weighted by molar-refractivity contribution is 0.384. The van der Waals surface area contributed by atoms with Gasteiger partial charge >= 0.3 is 0 Å². The van der Waals surface area contributed by atoms with E-state index in [1.165, 1.54) is 66.7 Å². The standard InChI is InChI=1S/C19H35NS/c1-6-8-10-12-18(13-11-9-7-2)20-16(4)19-14-15(3)21-17(19)5/h14,16,18,20H,6-13H2,1-5H3. The summed E-state index contributed by atoms with van der Waals surface area (Å²) in [6.07, 6.45) is 10.8. The first-order valence-electron chi connectivity index (χ1n) is 8.91. The summed E-state index contributed by atoms with van der Waals surface area (Å²) in [5.41, 5.74) is 1.51. The second-order valence-electron chi connectivity index (χ2n) is 6.45. The number of hydrogen-bond donors (Lipinski definition) is 1. The smallest absolute Gasteiger partial charge is 0.0305 e. The second kappa shape index (κ2) is 10.4. The van der Waals surface area contributed by atoms with Gasteiger partial charge in [-0.25, -0.2) is 0 Å². The highest BCUT2D eigenvalue weighted by atomic mass is 32.1. The Balaban J connectivity index is 2.54. The fourth-order valence-corrected chi connectivity index (χ4v) is 4.14. The van der Waals surface area contributed by atoms with Crippen molar-refractivity contribution in [1.82, 2.24) is 5.32 Å². The van der Waals surface area contributed by atoms with Crippen LogP contribution in [0.2, 0.25) is 0 Å². The van der Waals surface area contributed by atoms with Gasteiger partial charge in [-0.05, 0) is 45.2 Å². The quantitative estimate of drug-likeness (QED) is 0.457. The maximum Gasteiger partial charge on any atom is 0.0305 e. The van der Waals surface area contributed by atoms with E-state index >= 15 is 0 Å². The summed E-state index contributed by atoms with van der Waals surface area (Å²) in [5, 5.41) is 3.91. The minimum Gasteiger partial charge on any atom is -0.307 e. The molecule has 0 aliphatic carbocycles. The summed E-state index contributed by atoms with van der Waals surface area (Å²) >= 11 is 1.93. The lowest BCUT2D eigenvalue weighted by Gasteiger charge is -2.24. The van der Waals surface area contributed by atoms with Crippen LogP contribution in [0.5, 0.6) is 0 Å². The highest BCUT2D eigenvalue weighted by Crippen LogP contribution is 2.27. The molecule has 1 aromatic heterocycles. The van der Waals surface area contributed by atoms with Gasteiger partial charge < -0.3 is 5.32 Å². The Bertz CT molecular complexity index is 373. The molecule has 1 N–H and O–H groups in total. The van der Waals surface area contributed by atoms with Gasteiger partial charge in [0.1, 0.15) is 0 Å². The highest BCUT2D eigenvalue weighted by Gasteiger charge is 2.16. The van der Waals surface area contributed by atoms with Crippen LogP contribution in [-0.4, -0.2) is 6.04 Å². The molecule has 0 spiro atoms. The molecule has 1 unspecified atom stereocenters. The zero-order chi connectivity index (χ0) is 15.7. The van der Waals surface area contributed by atoms with Gasteiger partial charge in [-0.2, -0.15) is 0 Å². The van der Waals surface area contributed by atoms with E-state index in [0.717, 1.165) is 0 Å². The third-order valence-corrected chi connectivity index (χ3v) is 5.33. The van der Waals surface area contributed by atoms with Crippen molar-refractivity contribution in [2.24, 2.45) is 0 Å². The minimum absolute atomic E-state index is 0.489. The van der Waals surface area contributed by atoms with Crippen LogP contribution in [0.25, 0.3) is 0 Å². The van der Waals surface area contributed by atoms with Crippen molar-refractivity contribution in [2.75, 3.05) is 0 Å². The number of rotatable bonds is 11. The molecule has 0 aromatic carbocycles. The van der Waals surface area contributed by atoms with E-state index in [9.17, 15) is 0 Å². The van der Waals surface area contributed by atoms with Gasteiger partial charge in [0.25, 0.3) is 0 Å². The van der Waals surface area contributed by atoms with Gasteiger partial charge in [-0.15, -0.1) is 11.3 Å². The van der Waals surface area contributed by atoms with Crippen LogP contribution >= 0.6 is 11.3 Å². The van der Waals surface area contributed by atoms with E-state index in [1.807, 2.05) is 11.3 Å². The molecule has 1 heterocycles. The molecule has 0 fully saturated rings. The van der Waals surface area contributed by atoms with E-state index in [2.05, 4.69) is 46.0 Å². The van der Waals surface area contributed by atoms with Crippen LogP contribution in [0.4, 0.5) is 0 Å². The number of aryl methyl sites for hydroxylation is 2. The zero-order valence-corrected chi connectivity index (χ0v) is 15.6. The molecule has 21 heavy (non-hydrogen) atoms. The van der Waals surface area contributed by atoms with Crippen molar-refractivity contribution in [3.63, 3.8) is 0 Å². The Kier molecular flexibility index (Phi) is 9.26. The average Bonchev–Trinajstić information content (AvgIpc) is 2.78. The summed E-state index contributed by atoms with van der Waals surface area (Å²) in [5.74, 6) is 0. The number of hydrogen-bond acceptors (Lipinski definition) is 2. The summed E-state index contributed by atoms with van der Waals surface area (Å²) in [6, 6.07) is 3.55. The summed E-state index contributed by atoms with van der Waals surface area (Å²) in [7, 11) is 0. The maximum atomic E-state index is 3.91.